The van der Waals surface area contributed by atoms with Crippen LogP contribution in [0.4, 0.5) is 4.39 Å². The van der Waals surface area contributed by atoms with E-state index in [0.717, 1.165) is 17.0 Å². The quantitative estimate of drug-likeness (QED) is 0.920. The van der Waals surface area contributed by atoms with Gasteiger partial charge < -0.3 is 9.84 Å². The van der Waals surface area contributed by atoms with Crippen molar-refractivity contribution in [3.63, 3.8) is 0 Å². The first-order chi connectivity index (χ1) is 10.0. The molecule has 2 aromatic rings. The van der Waals surface area contributed by atoms with Crippen LogP contribution in [0.5, 0.6) is 5.75 Å². The van der Waals surface area contributed by atoms with Gasteiger partial charge in [-0.25, -0.2) is 4.39 Å². The predicted molar refractivity (Wildman–Crippen MR) is 77.8 cm³/mol. The number of aryl methyl sites for hydroxylation is 2. The lowest BCUT2D eigenvalue weighted by Gasteiger charge is -2.15. The fourth-order valence-corrected chi connectivity index (χ4v) is 2.27. The van der Waals surface area contributed by atoms with Crippen molar-refractivity contribution in [3.05, 3.63) is 52.6 Å². The third kappa shape index (κ3) is 3.55. The van der Waals surface area contributed by atoms with Crippen LogP contribution in [0.25, 0.3) is 0 Å². The van der Waals surface area contributed by atoms with Gasteiger partial charge in [0.2, 0.25) is 0 Å². The molecule has 0 saturated carbocycles. The highest BCUT2D eigenvalue weighted by atomic mass is 19.1. The van der Waals surface area contributed by atoms with Crippen LogP contribution in [0.1, 0.15) is 35.5 Å². The number of methoxy groups -OCH3 is 1. The van der Waals surface area contributed by atoms with Crippen LogP contribution in [0.2, 0.25) is 0 Å². The average molecular weight is 290 g/mol. The van der Waals surface area contributed by atoms with E-state index in [2.05, 4.69) is 10.2 Å². The van der Waals surface area contributed by atoms with E-state index < -0.39 is 11.9 Å². The lowest BCUT2D eigenvalue weighted by Crippen LogP contribution is -2.09. The van der Waals surface area contributed by atoms with Gasteiger partial charge in [0.25, 0.3) is 0 Å². The molecule has 0 radical (unpaired) electrons. The Morgan fingerprint density at radius 2 is 2.05 bits per heavy atom. The van der Waals surface area contributed by atoms with Crippen molar-refractivity contribution in [1.29, 1.82) is 0 Å². The zero-order valence-corrected chi connectivity index (χ0v) is 12.4. The van der Waals surface area contributed by atoms with E-state index in [9.17, 15) is 9.50 Å². The third-order valence-corrected chi connectivity index (χ3v) is 3.37. The first-order valence-electron chi connectivity index (χ1n) is 6.88. The highest BCUT2D eigenvalue weighted by molar-refractivity contribution is 5.31. The van der Waals surface area contributed by atoms with Crippen LogP contribution < -0.4 is 4.74 Å². The van der Waals surface area contributed by atoms with Gasteiger partial charge in [0.05, 0.1) is 24.6 Å². The number of aliphatic hydroxyl groups excluding tert-OH is 1. The number of aliphatic hydroxyl groups is 1. The van der Waals surface area contributed by atoms with Crippen LogP contribution >= 0.6 is 0 Å². The zero-order valence-electron chi connectivity index (χ0n) is 12.4. The second kappa shape index (κ2) is 6.63. The Labute approximate surface area is 123 Å². The highest BCUT2D eigenvalue weighted by Gasteiger charge is 2.15. The van der Waals surface area contributed by atoms with E-state index in [1.165, 1.54) is 13.2 Å². The van der Waals surface area contributed by atoms with Gasteiger partial charge in [-0.15, -0.1) is 0 Å². The summed E-state index contributed by atoms with van der Waals surface area (Å²) in [5.41, 5.74) is 2.97. The molecule has 0 amide bonds. The van der Waals surface area contributed by atoms with Crippen molar-refractivity contribution < 1.29 is 14.2 Å². The van der Waals surface area contributed by atoms with Crippen LogP contribution in [0.15, 0.2) is 24.3 Å². The van der Waals surface area contributed by atoms with Crippen molar-refractivity contribution in [2.75, 3.05) is 7.11 Å². The second-order valence-electron chi connectivity index (χ2n) is 4.93. The Bertz CT molecular complexity index is 632. The Morgan fingerprint density at radius 3 is 2.67 bits per heavy atom. The van der Waals surface area contributed by atoms with Gasteiger partial charge >= 0.3 is 0 Å². The molecule has 1 aromatic heterocycles. The molecule has 112 valence electrons. The summed E-state index contributed by atoms with van der Waals surface area (Å²) in [7, 11) is 1.42. The number of hydrogen-bond acceptors (Lipinski definition) is 4. The van der Waals surface area contributed by atoms with Crippen LogP contribution in [-0.2, 0) is 12.8 Å². The van der Waals surface area contributed by atoms with Crippen molar-refractivity contribution in [3.8, 4) is 5.75 Å². The molecule has 1 atom stereocenters. The molecule has 0 aliphatic heterocycles. The standard InChI is InChI=1S/C16H19FN2O2/c1-4-14-12(7-10(2)18-19-14)15(20)9-11-5-6-16(21-3)13(17)8-11/h5-8,15,20H,4,9H2,1-3H3. The molecule has 1 unspecified atom stereocenters. The Balaban J connectivity index is 2.23. The van der Waals surface area contributed by atoms with Crippen molar-refractivity contribution >= 4 is 0 Å². The SMILES string of the molecule is CCc1nnc(C)cc1C(O)Cc1ccc(OC)c(F)c1. The number of rotatable bonds is 5. The third-order valence-electron chi connectivity index (χ3n) is 3.37. The topological polar surface area (TPSA) is 55.2 Å². The molecule has 0 aliphatic carbocycles. The number of ether oxygens (including phenoxy) is 1. The van der Waals surface area contributed by atoms with Crippen molar-refractivity contribution in [2.24, 2.45) is 0 Å². The van der Waals surface area contributed by atoms with Gasteiger partial charge in [-0.05, 0) is 37.1 Å². The fourth-order valence-electron chi connectivity index (χ4n) is 2.27. The Hall–Kier alpha value is -2.01. The molecule has 0 bridgehead atoms. The average Bonchev–Trinajstić information content (AvgIpc) is 2.47. The van der Waals surface area contributed by atoms with Crippen LogP contribution in [-0.4, -0.2) is 22.4 Å². The maximum atomic E-state index is 13.7. The van der Waals surface area contributed by atoms with E-state index >= 15 is 0 Å². The van der Waals surface area contributed by atoms with Gasteiger partial charge in [-0.1, -0.05) is 13.0 Å². The van der Waals surface area contributed by atoms with E-state index in [0.29, 0.717) is 18.4 Å². The molecule has 0 fully saturated rings. The summed E-state index contributed by atoms with van der Waals surface area (Å²) in [6.07, 6.45) is 0.275. The molecular formula is C16H19FN2O2. The first kappa shape index (κ1) is 15.4. The lowest BCUT2D eigenvalue weighted by molar-refractivity contribution is 0.176. The van der Waals surface area contributed by atoms with E-state index in [4.69, 9.17) is 4.74 Å². The number of halogens is 1. The minimum atomic E-state index is -0.734. The van der Waals surface area contributed by atoms with Gasteiger partial charge in [0.1, 0.15) is 0 Å². The molecule has 21 heavy (non-hydrogen) atoms. The molecule has 2 rings (SSSR count). The van der Waals surface area contributed by atoms with Gasteiger partial charge in [-0.3, -0.25) is 0 Å². The van der Waals surface area contributed by atoms with Crippen molar-refractivity contribution in [2.45, 2.75) is 32.8 Å². The van der Waals surface area contributed by atoms with E-state index in [-0.39, 0.29) is 5.75 Å². The molecule has 5 heteroatoms. The van der Waals surface area contributed by atoms with Gasteiger partial charge in [0.15, 0.2) is 11.6 Å². The first-order valence-corrected chi connectivity index (χ1v) is 6.88. The molecular weight excluding hydrogens is 271 g/mol. The molecule has 0 saturated heterocycles. The molecule has 4 nitrogen and oxygen atoms in total. The summed E-state index contributed by atoms with van der Waals surface area (Å²) >= 11 is 0. The number of hydrogen-bond donors (Lipinski definition) is 1. The Morgan fingerprint density at radius 1 is 1.29 bits per heavy atom. The molecule has 0 aliphatic rings. The monoisotopic (exact) mass is 290 g/mol. The minimum Gasteiger partial charge on any atom is -0.494 e. The molecule has 0 spiro atoms. The normalized spacial score (nSPS) is 12.2. The minimum absolute atomic E-state index is 0.198. The summed E-state index contributed by atoms with van der Waals surface area (Å²) in [4.78, 5) is 0. The summed E-state index contributed by atoms with van der Waals surface area (Å²) < 4.78 is 18.6. The van der Waals surface area contributed by atoms with Gasteiger partial charge in [0, 0.05) is 12.0 Å². The Kier molecular flexibility index (Phi) is 4.85. The maximum Gasteiger partial charge on any atom is 0.165 e. The van der Waals surface area contributed by atoms with Crippen LogP contribution in [0, 0.1) is 12.7 Å². The number of nitrogens with zero attached hydrogens (tertiary/aromatic N) is 2. The number of benzene rings is 1. The summed E-state index contributed by atoms with van der Waals surface area (Å²) in [5, 5.41) is 18.5. The molecule has 1 aromatic carbocycles. The lowest BCUT2D eigenvalue weighted by atomic mass is 9.99. The maximum absolute atomic E-state index is 13.7. The zero-order chi connectivity index (χ0) is 15.4. The summed E-state index contributed by atoms with van der Waals surface area (Å²) in [6, 6.07) is 6.53. The number of aromatic nitrogens is 2. The predicted octanol–water partition coefficient (Wildman–Crippen LogP) is 2.77. The molecule has 1 heterocycles. The van der Waals surface area contributed by atoms with E-state index in [1.807, 2.05) is 19.9 Å². The van der Waals surface area contributed by atoms with Crippen molar-refractivity contribution in [1.82, 2.24) is 10.2 Å². The van der Waals surface area contributed by atoms with E-state index in [1.54, 1.807) is 12.1 Å². The van der Waals surface area contributed by atoms with Crippen LogP contribution in [0.3, 0.4) is 0 Å². The second-order valence-corrected chi connectivity index (χ2v) is 4.93. The fraction of sp³-hybridized carbons (Fsp3) is 0.375. The molecule has 1 N–H and O–H groups in total. The van der Waals surface area contributed by atoms with Gasteiger partial charge in [-0.2, -0.15) is 10.2 Å². The largest absolute Gasteiger partial charge is 0.494 e. The summed E-state index contributed by atoms with van der Waals surface area (Å²) in [5.74, 6) is -0.231. The highest BCUT2D eigenvalue weighted by Crippen LogP contribution is 2.24. The smallest absolute Gasteiger partial charge is 0.165 e. The summed E-state index contributed by atoms with van der Waals surface area (Å²) in [6.45, 7) is 3.79.